The van der Waals surface area contributed by atoms with E-state index >= 15 is 0 Å². The molecule has 0 N–H and O–H groups in total. The summed E-state index contributed by atoms with van der Waals surface area (Å²) in [6.45, 7) is 0. The molecule has 0 aliphatic carbocycles. The molecule has 0 saturated heterocycles. The minimum Gasteiger partial charge on any atom is -0.264 e. The fourth-order valence-electron chi connectivity index (χ4n) is 1.89. The molecule has 0 unspecified atom stereocenters. The zero-order chi connectivity index (χ0) is 12.2. The molecule has 3 heteroatoms. The second kappa shape index (κ2) is 4.75. The van der Waals surface area contributed by atoms with Crippen molar-refractivity contribution < 1.29 is 0 Å². The summed E-state index contributed by atoms with van der Waals surface area (Å²) < 4.78 is 0. The van der Waals surface area contributed by atoms with Gasteiger partial charge in [0.15, 0.2) is 0 Å². The summed E-state index contributed by atoms with van der Waals surface area (Å²) in [6.07, 6.45) is 9.03. The van der Waals surface area contributed by atoms with Gasteiger partial charge in [0.25, 0.3) is 0 Å². The van der Waals surface area contributed by atoms with E-state index in [1.807, 2.05) is 48.8 Å². The maximum absolute atomic E-state index is 4.39. The molecule has 3 heterocycles. The van der Waals surface area contributed by atoms with Gasteiger partial charge in [-0.2, -0.15) is 0 Å². The number of aromatic nitrogens is 3. The molecule has 86 valence electrons. The van der Waals surface area contributed by atoms with E-state index in [0.29, 0.717) is 0 Å². The third-order valence-electron chi connectivity index (χ3n) is 2.73. The lowest BCUT2D eigenvalue weighted by Gasteiger charge is -2.07. The minimum absolute atomic E-state index is 0.943. The Labute approximate surface area is 105 Å². The molecular weight excluding hydrogens is 222 g/mol. The molecular formula is C15H11N3. The molecule has 0 aromatic carbocycles. The summed E-state index contributed by atoms with van der Waals surface area (Å²) in [6, 6.07) is 11.8. The van der Waals surface area contributed by atoms with Crippen molar-refractivity contribution in [2.45, 2.75) is 0 Å². The first-order chi connectivity index (χ1) is 8.95. The Bertz CT molecular complexity index is 578. The molecule has 18 heavy (non-hydrogen) atoms. The summed E-state index contributed by atoms with van der Waals surface area (Å²) in [4.78, 5) is 12.7. The van der Waals surface area contributed by atoms with E-state index in [2.05, 4.69) is 15.0 Å². The molecule has 0 aliphatic heterocycles. The molecule has 3 rings (SSSR count). The van der Waals surface area contributed by atoms with Gasteiger partial charge in [0, 0.05) is 47.7 Å². The van der Waals surface area contributed by atoms with Gasteiger partial charge in [-0.25, -0.2) is 0 Å². The summed E-state index contributed by atoms with van der Waals surface area (Å²) >= 11 is 0. The lowest BCUT2D eigenvalue weighted by atomic mass is 10.0. The van der Waals surface area contributed by atoms with E-state index in [-0.39, 0.29) is 0 Å². The van der Waals surface area contributed by atoms with Crippen LogP contribution in [-0.4, -0.2) is 15.0 Å². The van der Waals surface area contributed by atoms with Crippen molar-refractivity contribution in [2.24, 2.45) is 0 Å². The molecule has 0 radical (unpaired) electrons. The Balaban J connectivity index is 2.18. The van der Waals surface area contributed by atoms with Crippen LogP contribution in [0.5, 0.6) is 0 Å². The third-order valence-corrected chi connectivity index (χ3v) is 2.73. The molecule has 0 bridgehead atoms. The average Bonchev–Trinajstić information content (AvgIpc) is 2.49. The lowest BCUT2D eigenvalue weighted by molar-refractivity contribution is 1.27. The normalized spacial score (nSPS) is 10.2. The van der Waals surface area contributed by atoms with Crippen molar-refractivity contribution in [2.75, 3.05) is 0 Å². The highest BCUT2D eigenvalue weighted by atomic mass is 14.7. The Kier molecular flexibility index (Phi) is 2.80. The number of hydrogen-bond donors (Lipinski definition) is 0. The molecule has 0 aliphatic rings. The van der Waals surface area contributed by atoms with E-state index in [1.54, 1.807) is 18.6 Å². The van der Waals surface area contributed by atoms with Crippen LogP contribution in [0.4, 0.5) is 0 Å². The van der Waals surface area contributed by atoms with Crippen LogP contribution in [0.25, 0.3) is 22.4 Å². The Morgan fingerprint density at radius 1 is 0.667 bits per heavy atom. The van der Waals surface area contributed by atoms with Crippen LogP contribution in [0.1, 0.15) is 0 Å². The quantitative estimate of drug-likeness (QED) is 0.682. The van der Waals surface area contributed by atoms with Gasteiger partial charge in [-0.05, 0) is 24.3 Å². The lowest BCUT2D eigenvalue weighted by Crippen LogP contribution is -1.89. The summed E-state index contributed by atoms with van der Waals surface area (Å²) in [5.74, 6) is 0. The maximum atomic E-state index is 4.39. The zero-order valence-electron chi connectivity index (χ0n) is 9.69. The van der Waals surface area contributed by atoms with Crippen molar-refractivity contribution in [3.8, 4) is 22.4 Å². The molecule has 3 aromatic heterocycles. The van der Waals surface area contributed by atoms with Crippen molar-refractivity contribution in [3.05, 3.63) is 67.4 Å². The van der Waals surface area contributed by atoms with Crippen LogP contribution in [0, 0.1) is 0 Å². The maximum Gasteiger partial charge on any atom is 0.0709 e. The van der Waals surface area contributed by atoms with Gasteiger partial charge in [0.05, 0.1) is 5.69 Å². The smallest absolute Gasteiger partial charge is 0.0709 e. The highest BCUT2D eigenvalue weighted by molar-refractivity contribution is 5.80. The van der Waals surface area contributed by atoms with Gasteiger partial charge >= 0.3 is 0 Å². The van der Waals surface area contributed by atoms with Gasteiger partial charge in [-0.3, -0.25) is 15.0 Å². The Morgan fingerprint density at radius 2 is 1.61 bits per heavy atom. The van der Waals surface area contributed by atoms with Crippen LogP contribution in [0.2, 0.25) is 0 Å². The van der Waals surface area contributed by atoms with Crippen LogP contribution in [-0.2, 0) is 0 Å². The molecule has 0 saturated carbocycles. The fourth-order valence-corrected chi connectivity index (χ4v) is 1.89. The van der Waals surface area contributed by atoms with E-state index in [9.17, 15) is 0 Å². The summed E-state index contributed by atoms with van der Waals surface area (Å²) in [7, 11) is 0. The Hall–Kier alpha value is -2.55. The predicted octanol–water partition coefficient (Wildman–Crippen LogP) is 3.21. The SMILES string of the molecule is c1ccc(-c2ccncc2-c2cccnc2)nc1. The standard InChI is InChI=1S/C15H11N3/c1-2-8-18-15(5-1)13-6-9-17-11-14(13)12-4-3-7-16-10-12/h1-11H. The van der Waals surface area contributed by atoms with Crippen LogP contribution < -0.4 is 0 Å². The van der Waals surface area contributed by atoms with Gasteiger partial charge < -0.3 is 0 Å². The van der Waals surface area contributed by atoms with Gasteiger partial charge in [0.1, 0.15) is 0 Å². The first-order valence-electron chi connectivity index (χ1n) is 5.71. The van der Waals surface area contributed by atoms with Crippen molar-refractivity contribution in [1.82, 2.24) is 15.0 Å². The number of rotatable bonds is 2. The molecule has 3 aromatic rings. The zero-order valence-corrected chi connectivity index (χ0v) is 9.69. The second-order valence-electron chi connectivity index (χ2n) is 3.88. The fraction of sp³-hybridized carbons (Fsp3) is 0. The van der Waals surface area contributed by atoms with Crippen molar-refractivity contribution in [3.63, 3.8) is 0 Å². The number of nitrogens with zero attached hydrogens (tertiary/aromatic N) is 3. The van der Waals surface area contributed by atoms with Gasteiger partial charge in [0.2, 0.25) is 0 Å². The predicted molar refractivity (Wildman–Crippen MR) is 70.7 cm³/mol. The number of hydrogen-bond acceptors (Lipinski definition) is 3. The summed E-state index contributed by atoms with van der Waals surface area (Å²) in [5.41, 5.74) is 4.10. The minimum atomic E-state index is 0.943. The molecule has 0 fully saturated rings. The van der Waals surface area contributed by atoms with Crippen molar-refractivity contribution >= 4 is 0 Å². The van der Waals surface area contributed by atoms with Crippen LogP contribution >= 0.6 is 0 Å². The van der Waals surface area contributed by atoms with Crippen molar-refractivity contribution in [1.29, 1.82) is 0 Å². The van der Waals surface area contributed by atoms with E-state index in [0.717, 1.165) is 22.4 Å². The van der Waals surface area contributed by atoms with E-state index in [4.69, 9.17) is 0 Å². The monoisotopic (exact) mass is 233 g/mol. The van der Waals surface area contributed by atoms with Gasteiger partial charge in [-0.15, -0.1) is 0 Å². The highest BCUT2D eigenvalue weighted by Gasteiger charge is 2.07. The van der Waals surface area contributed by atoms with Gasteiger partial charge in [-0.1, -0.05) is 12.1 Å². The molecule has 0 spiro atoms. The Morgan fingerprint density at radius 3 is 2.39 bits per heavy atom. The number of pyridine rings is 3. The molecule has 0 amide bonds. The largest absolute Gasteiger partial charge is 0.264 e. The average molecular weight is 233 g/mol. The van der Waals surface area contributed by atoms with E-state index in [1.165, 1.54) is 0 Å². The first-order valence-corrected chi connectivity index (χ1v) is 5.71. The van der Waals surface area contributed by atoms with Crippen LogP contribution in [0.3, 0.4) is 0 Å². The summed E-state index contributed by atoms with van der Waals surface area (Å²) in [5, 5.41) is 0. The highest BCUT2D eigenvalue weighted by Crippen LogP contribution is 2.29. The third kappa shape index (κ3) is 1.98. The first kappa shape index (κ1) is 10.6. The second-order valence-corrected chi connectivity index (χ2v) is 3.88. The molecule has 0 atom stereocenters. The van der Waals surface area contributed by atoms with Crippen LogP contribution in [0.15, 0.2) is 67.4 Å². The molecule has 3 nitrogen and oxygen atoms in total. The topological polar surface area (TPSA) is 38.7 Å². The van der Waals surface area contributed by atoms with E-state index < -0.39 is 0 Å².